The molecule has 5 rings (SSSR count). The third kappa shape index (κ3) is 5.88. The van der Waals surface area contributed by atoms with Gasteiger partial charge in [-0.25, -0.2) is 4.68 Å². The van der Waals surface area contributed by atoms with E-state index in [1.807, 2.05) is 66.7 Å². The minimum atomic E-state index is -0.399. The van der Waals surface area contributed by atoms with Gasteiger partial charge in [-0.3, -0.25) is 9.59 Å². The minimum Gasteiger partial charge on any atom is -0.497 e. The second-order valence-corrected chi connectivity index (χ2v) is 8.88. The van der Waals surface area contributed by atoms with Crippen molar-refractivity contribution < 1.29 is 23.5 Å². The van der Waals surface area contributed by atoms with Gasteiger partial charge in [0, 0.05) is 17.7 Å². The number of para-hydroxylation sites is 1. The average molecular weight is 537 g/mol. The summed E-state index contributed by atoms with van der Waals surface area (Å²) in [6.07, 6.45) is 1.52. The number of hydrogen-bond donors (Lipinski definition) is 1. The third-order valence-electron chi connectivity index (χ3n) is 6.23. The maximum absolute atomic E-state index is 13.7. The van der Waals surface area contributed by atoms with Crippen molar-refractivity contribution in [3.63, 3.8) is 0 Å². The fourth-order valence-corrected chi connectivity index (χ4v) is 4.28. The molecule has 0 aliphatic heterocycles. The molecule has 0 aliphatic rings. The van der Waals surface area contributed by atoms with Crippen LogP contribution in [-0.4, -0.2) is 47.3 Å². The number of methoxy groups -OCH3 is 2. The second-order valence-electron chi connectivity index (χ2n) is 8.88. The summed E-state index contributed by atoms with van der Waals surface area (Å²) in [6, 6.07) is 29.4. The van der Waals surface area contributed by atoms with Gasteiger partial charge in [0.1, 0.15) is 29.6 Å². The van der Waals surface area contributed by atoms with Crippen molar-refractivity contribution >= 4 is 17.6 Å². The summed E-state index contributed by atoms with van der Waals surface area (Å²) in [5.74, 6) is 1.10. The molecular formula is C31H28N4O5. The van der Waals surface area contributed by atoms with Crippen molar-refractivity contribution in [2.45, 2.75) is 6.54 Å². The highest BCUT2D eigenvalue weighted by atomic mass is 16.5. The van der Waals surface area contributed by atoms with E-state index in [2.05, 4.69) is 5.32 Å². The number of benzene rings is 3. The second kappa shape index (κ2) is 12.0. The van der Waals surface area contributed by atoms with Gasteiger partial charge in [0.15, 0.2) is 0 Å². The van der Waals surface area contributed by atoms with E-state index in [1.54, 1.807) is 35.0 Å². The highest BCUT2D eigenvalue weighted by Crippen LogP contribution is 2.27. The molecule has 9 nitrogen and oxygen atoms in total. The molecule has 0 radical (unpaired) electrons. The molecule has 0 fully saturated rings. The summed E-state index contributed by atoms with van der Waals surface area (Å²) >= 11 is 0. The number of furan rings is 1. The van der Waals surface area contributed by atoms with Crippen LogP contribution < -0.4 is 14.8 Å². The molecule has 0 atom stereocenters. The fourth-order valence-electron chi connectivity index (χ4n) is 4.28. The van der Waals surface area contributed by atoms with Gasteiger partial charge in [-0.05, 0) is 36.4 Å². The van der Waals surface area contributed by atoms with Gasteiger partial charge in [-0.2, -0.15) is 5.10 Å². The molecule has 0 spiro atoms. The number of ether oxygens (including phenoxy) is 2. The Morgan fingerprint density at radius 2 is 1.65 bits per heavy atom. The monoisotopic (exact) mass is 536 g/mol. The van der Waals surface area contributed by atoms with Gasteiger partial charge in [-0.15, -0.1) is 0 Å². The maximum Gasteiger partial charge on any atom is 0.258 e. The molecule has 9 heteroatoms. The van der Waals surface area contributed by atoms with E-state index in [4.69, 9.17) is 19.0 Å². The zero-order valence-electron chi connectivity index (χ0n) is 22.1. The largest absolute Gasteiger partial charge is 0.497 e. The summed E-state index contributed by atoms with van der Waals surface area (Å²) in [6.45, 7) is -0.156. The lowest BCUT2D eigenvalue weighted by Gasteiger charge is -2.22. The van der Waals surface area contributed by atoms with Crippen molar-refractivity contribution in [1.82, 2.24) is 14.7 Å². The van der Waals surface area contributed by atoms with Crippen LogP contribution in [0.2, 0.25) is 0 Å². The highest BCUT2D eigenvalue weighted by molar-refractivity contribution is 6.01. The van der Waals surface area contributed by atoms with E-state index < -0.39 is 11.8 Å². The molecule has 0 saturated carbocycles. The van der Waals surface area contributed by atoms with Crippen LogP contribution in [0.25, 0.3) is 16.9 Å². The Morgan fingerprint density at radius 3 is 2.33 bits per heavy atom. The maximum atomic E-state index is 13.7. The molecule has 40 heavy (non-hydrogen) atoms. The molecule has 0 bridgehead atoms. The smallest absolute Gasteiger partial charge is 0.258 e. The first-order chi connectivity index (χ1) is 19.6. The van der Waals surface area contributed by atoms with E-state index in [0.717, 1.165) is 11.3 Å². The molecule has 3 aromatic carbocycles. The lowest BCUT2D eigenvalue weighted by atomic mass is 10.1. The molecule has 1 N–H and O–H groups in total. The van der Waals surface area contributed by atoms with Crippen LogP contribution in [0.15, 0.2) is 108 Å². The van der Waals surface area contributed by atoms with Gasteiger partial charge in [-0.1, -0.05) is 48.5 Å². The minimum absolute atomic E-state index is 0.0850. The topological polar surface area (TPSA) is 98.8 Å². The Bertz CT molecular complexity index is 1580. The fraction of sp³-hybridized carbons (Fsp3) is 0.129. The number of carbonyl (C=O) groups excluding carboxylic acids is 2. The van der Waals surface area contributed by atoms with Crippen molar-refractivity contribution in [3.05, 3.63) is 115 Å². The number of carbonyl (C=O) groups is 2. The van der Waals surface area contributed by atoms with Crippen molar-refractivity contribution in [1.29, 1.82) is 0 Å². The van der Waals surface area contributed by atoms with Crippen LogP contribution >= 0.6 is 0 Å². The van der Waals surface area contributed by atoms with Gasteiger partial charge in [0.25, 0.3) is 5.91 Å². The SMILES string of the molecule is COc1ccc(C(=O)N(CC(=O)Nc2cc(-c3ccccc3)nn2-c2ccccc2)Cc2ccco2)c(OC)c1. The van der Waals surface area contributed by atoms with Crippen molar-refractivity contribution in [2.24, 2.45) is 0 Å². The summed E-state index contributed by atoms with van der Waals surface area (Å²) in [5.41, 5.74) is 2.69. The third-order valence-corrected chi connectivity index (χ3v) is 6.23. The zero-order valence-corrected chi connectivity index (χ0v) is 22.1. The molecule has 0 unspecified atom stereocenters. The quantitative estimate of drug-likeness (QED) is 0.256. The Balaban J connectivity index is 1.44. The number of aromatic nitrogens is 2. The van der Waals surface area contributed by atoms with Gasteiger partial charge < -0.3 is 24.1 Å². The summed E-state index contributed by atoms with van der Waals surface area (Å²) in [5, 5.41) is 7.69. The highest BCUT2D eigenvalue weighted by Gasteiger charge is 2.24. The summed E-state index contributed by atoms with van der Waals surface area (Å²) < 4.78 is 17.9. The van der Waals surface area contributed by atoms with Crippen LogP contribution in [0.3, 0.4) is 0 Å². The predicted octanol–water partition coefficient (Wildman–Crippen LogP) is 5.43. The number of nitrogens with zero attached hydrogens (tertiary/aromatic N) is 3. The lowest BCUT2D eigenvalue weighted by molar-refractivity contribution is -0.117. The van der Waals surface area contributed by atoms with Crippen LogP contribution in [0.1, 0.15) is 16.1 Å². The summed E-state index contributed by atoms with van der Waals surface area (Å²) in [4.78, 5) is 28.5. The Labute approximate surface area is 231 Å². The molecule has 2 amide bonds. The van der Waals surface area contributed by atoms with Crippen LogP contribution in [-0.2, 0) is 11.3 Å². The number of hydrogen-bond acceptors (Lipinski definition) is 6. The first-order valence-electron chi connectivity index (χ1n) is 12.6. The van der Waals surface area contributed by atoms with Crippen molar-refractivity contribution in [3.8, 4) is 28.4 Å². The molecule has 202 valence electrons. The van der Waals surface area contributed by atoms with E-state index >= 15 is 0 Å². The molecule has 5 aromatic rings. The zero-order chi connectivity index (χ0) is 27.9. The first kappa shape index (κ1) is 26.3. The van der Waals surface area contributed by atoms with Crippen LogP contribution in [0.5, 0.6) is 11.5 Å². The van der Waals surface area contributed by atoms with E-state index in [9.17, 15) is 9.59 Å². The normalized spacial score (nSPS) is 10.7. The Hall–Kier alpha value is -5.31. The molecule has 2 heterocycles. The predicted molar refractivity (Wildman–Crippen MR) is 151 cm³/mol. The molecule has 0 saturated heterocycles. The van der Waals surface area contributed by atoms with Gasteiger partial charge in [0.05, 0.1) is 44.0 Å². The summed E-state index contributed by atoms with van der Waals surface area (Å²) in [7, 11) is 3.01. The van der Waals surface area contributed by atoms with Crippen LogP contribution in [0.4, 0.5) is 5.82 Å². The first-order valence-corrected chi connectivity index (χ1v) is 12.6. The number of amides is 2. The van der Waals surface area contributed by atoms with Crippen LogP contribution in [0, 0.1) is 0 Å². The Kier molecular flexibility index (Phi) is 7.92. The average Bonchev–Trinajstić information content (AvgIpc) is 3.67. The standard InChI is InChI=1S/C31H28N4O5/c1-38-24-15-16-26(28(18-24)39-2)31(37)34(20-25-14-9-17-40-25)21-30(36)32-29-19-27(22-10-5-3-6-11-22)33-35(29)23-12-7-4-8-13-23/h3-19H,20-21H2,1-2H3,(H,32,36). The van der Waals surface area contributed by atoms with E-state index in [1.165, 1.54) is 25.4 Å². The van der Waals surface area contributed by atoms with Gasteiger partial charge >= 0.3 is 0 Å². The Morgan fingerprint density at radius 1 is 0.900 bits per heavy atom. The number of nitrogens with one attached hydrogen (secondary N) is 1. The molecule has 2 aromatic heterocycles. The number of rotatable bonds is 10. The number of anilines is 1. The van der Waals surface area contributed by atoms with Crippen molar-refractivity contribution in [2.75, 3.05) is 26.1 Å². The van der Waals surface area contributed by atoms with Gasteiger partial charge in [0.2, 0.25) is 5.91 Å². The molecular weight excluding hydrogens is 508 g/mol. The molecule has 0 aliphatic carbocycles. The van der Waals surface area contributed by atoms with E-state index in [0.29, 0.717) is 34.3 Å². The van der Waals surface area contributed by atoms with E-state index in [-0.39, 0.29) is 13.1 Å². The lowest BCUT2D eigenvalue weighted by Crippen LogP contribution is -2.38.